The molecule has 1 atom stereocenters. The molecule has 0 aliphatic carbocycles. The fourth-order valence-corrected chi connectivity index (χ4v) is 1.45. The highest BCUT2D eigenvalue weighted by Gasteiger charge is 2.58. The van der Waals surface area contributed by atoms with Gasteiger partial charge in [-0.05, 0) is 17.9 Å². The summed E-state index contributed by atoms with van der Waals surface area (Å²) in [6.07, 6.45) is -5.24. The molecular weight excluding hydrogens is 299 g/mol. The maximum atomic E-state index is 12.8. The molecule has 0 aromatic carbocycles. The summed E-state index contributed by atoms with van der Waals surface area (Å²) in [4.78, 5) is 32.3. The number of amides is 1. The Labute approximate surface area is 115 Å². The Morgan fingerprint density at radius 2 is 1.90 bits per heavy atom. The van der Waals surface area contributed by atoms with Gasteiger partial charge in [-0.15, -0.1) is 0 Å². The fraction of sp³-hybridized carbons (Fsp3) is 0.400. The molecule has 1 unspecified atom stereocenters. The van der Waals surface area contributed by atoms with Crippen molar-refractivity contribution < 1.29 is 32.8 Å². The zero-order valence-corrected chi connectivity index (χ0v) is 10.8. The topological polar surface area (TPSA) is 114 Å². The van der Waals surface area contributed by atoms with Crippen molar-refractivity contribution in [3.05, 3.63) is 27.9 Å². The van der Waals surface area contributed by atoms with Gasteiger partial charge in [0.15, 0.2) is 5.69 Å². The van der Waals surface area contributed by atoms with Crippen molar-refractivity contribution in [2.24, 2.45) is 7.05 Å². The molecule has 0 radical (unpaired) electrons. The molecule has 0 saturated heterocycles. The quantitative estimate of drug-likeness (QED) is 0.637. The van der Waals surface area contributed by atoms with Crippen LogP contribution < -0.4 is 5.32 Å². The van der Waals surface area contributed by atoms with Gasteiger partial charge in [0, 0.05) is 6.07 Å². The van der Waals surface area contributed by atoms with E-state index in [9.17, 15) is 32.9 Å². The van der Waals surface area contributed by atoms with E-state index in [0.29, 0.717) is 0 Å². The number of aliphatic carboxylic acids is 1. The summed E-state index contributed by atoms with van der Waals surface area (Å²) in [5.41, 5.74) is -3.98. The van der Waals surface area contributed by atoms with Gasteiger partial charge in [-0.1, -0.05) is 0 Å². The number of rotatable bonds is 4. The number of hydrogen-bond acceptors (Lipinski definition) is 4. The van der Waals surface area contributed by atoms with Crippen LogP contribution >= 0.6 is 0 Å². The van der Waals surface area contributed by atoms with E-state index in [1.54, 1.807) is 0 Å². The summed E-state index contributed by atoms with van der Waals surface area (Å²) in [5.74, 6) is -4.22. The van der Waals surface area contributed by atoms with E-state index in [4.69, 9.17) is 5.11 Å². The average molecular weight is 309 g/mol. The molecule has 11 heteroatoms. The van der Waals surface area contributed by atoms with Gasteiger partial charge < -0.3 is 20.5 Å². The van der Waals surface area contributed by atoms with Crippen LogP contribution in [0.25, 0.3) is 0 Å². The minimum Gasteiger partial charge on any atom is -0.479 e. The van der Waals surface area contributed by atoms with E-state index >= 15 is 0 Å². The van der Waals surface area contributed by atoms with E-state index < -0.39 is 40.0 Å². The first-order chi connectivity index (χ1) is 9.41. The molecule has 0 aliphatic heterocycles. The van der Waals surface area contributed by atoms with Gasteiger partial charge in [0.1, 0.15) is 0 Å². The number of carbonyl (C=O) groups is 2. The Morgan fingerprint density at radius 1 is 1.38 bits per heavy atom. The summed E-state index contributed by atoms with van der Waals surface area (Å²) in [5, 5.41) is 20.6. The molecular formula is C10H10F3N3O5. The van der Waals surface area contributed by atoms with E-state index in [1.807, 2.05) is 0 Å². The molecule has 0 bridgehead atoms. The van der Waals surface area contributed by atoms with Crippen molar-refractivity contribution in [1.29, 1.82) is 0 Å². The molecule has 2 N–H and O–H groups in total. The third-order valence-electron chi connectivity index (χ3n) is 2.87. The summed E-state index contributed by atoms with van der Waals surface area (Å²) >= 11 is 0. The van der Waals surface area contributed by atoms with E-state index in [1.165, 1.54) is 5.32 Å². The Bertz CT molecular complexity index is 610. The molecule has 8 nitrogen and oxygen atoms in total. The second kappa shape index (κ2) is 5.07. The highest BCUT2D eigenvalue weighted by molar-refractivity contribution is 5.97. The lowest BCUT2D eigenvalue weighted by Crippen LogP contribution is -2.62. The highest BCUT2D eigenvalue weighted by atomic mass is 19.4. The van der Waals surface area contributed by atoms with Crippen LogP contribution in [0.15, 0.2) is 12.1 Å². The lowest BCUT2D eigenvalue weighted by atomic mass is 10.0. The van der Waals surface area contributed by atoms with Crippen LogP contribution in [0.4, 0.5) is 19.0 Å². The maximum Gasteiger partial charge on any atom is 0.422 e. The van der Waals surface area contributed by atoms with Crippen molar-refractivity contribution in [3.8, 4) is 0 Å². The Hall–Kier alpha value is -2.59. The first-order valence-electron chi connectivity index (χ1n) is 5.34. The van der Waals surface area contributed by atoms with Gasteiger partial charge in [-0.2, -0.15) is 13.2 Å². The second-order valence-corrected chi connectivity index (χ2v) is 4.27. The zero-order valence-electron chi connectivity index (χ0n) is 10.8. The van der Waals surface area contributed by atoms with Crippen LogP contribution in [-0.2, 0) is 11.8 Å². The van der Waals surface area contributed by atoms with Gasteiger partial charge in [-0.25, -0.2) is 9.36 Å². The SMILES string of the molecule is Cn1c(C(=O)NC(C)(C(=O)O)C(F)(F)F)ccc1[N+](=O)[O-]. The number of hydrogen-bond donors (Lipinski definition) is 2. The molecule has 1 amide bonds. The summed E-state index contributed by atoms with van der Waals surface area (Å²) < 4.78 is 39.0. The largest absolute Gasteiger partial charge is 0.479 e. The van der Waals surface area contributed by atoms with Crippen LogP contribution in [-0.4, -0.2) is 38.2 Å². The maximum absolute atomic E-state index is 12.8. The van der Waals surface area contributed by atoms with Crippen LogP contribution in [0, 0.1) is 10.1 Å². The molecule has 0 spiro atoms. The van der Waals surface area contributed by atoms with Gasteiger partial charge in [0.2, 0.25) is 5.54 Å². The lowest BCUT2D eigenvalue weighted by molar-refractivity contribution is -0.391. The predicted molar refractivity (Wildman–Crippen MR) is 61.6 cm³/mol. The normalized spacial score (nSPS) is 14.3. The van der Waals surface area contributed by atoms with Gasteiger partial charge in [0.05, 0.1) is 7.05 Å². The molecule has 0 saturated carbocycles. The third-order valence-corrected chi connectivity index (χ3v) is 2.87. The van der Waals surface area contributed by atoms with Crippen molar-refractivity contribution >= 4 is 17.7 Å². The number of carboxylic acid groups (broad SMARTS) is 1. The van der Waals surface area contributed by atoms with Crippen LogP contribution in [0.5, 0.6) is 0 Å². The average Bonchev–Trinajstić information content (AvgIpc) is 2.69. The Balaban J connectivity index is 3.16. The van der Waals surface area contributed by atoms with Crippen LogP contribution in [0.2, 0.25) is 0 Å². The number of nitrogens with zero attached hydrogens (tertiary/aromatic N) is 2. The Kier molecular flexibility index (Phi) is 3.97. The molecule has 1 aromatic heterocycles. The number of nitro groups is 1. The molecule has 0 fully saturated rings. The molecule has 1 aromatic rings. The van der Waals surface area contributed by atoms with Gasteiger partial charge in [0.25, 0.3) is 5.91 Å². The van der Waals surface area contributed by atoms with E-state index in [0.717, 1.165) is 23.7 Å². The summed E-state index contributed by atoms with van der Waals surface area (Å²) in [6.45, 7) is 0.282. The number of nitrogens with one attached hydrogen (secondary N) is 1. The first kappa shape index (κ1) is 16.5. The van der Waals surface area contributed by atoms with Crippen molar-refractivity contribution in [2.45, 2.75) is 18.6 Å². The first-order valence-corrected chi connectivity index (χ1v) is 5.34. The number of aromatic nitrogens is 1. The minimum absolute atomic E-state index is 0.282. The predicted octanol–water partition coefficient (Wildman–Crippen LogP) is 1.07. The van der Waals surface area contributed by atoms with Crippen molar-refractivity contribution in [3.63, 3.8) is 0 Å². The van der Waals surface area contributed by atoms with E-state index in [-0.39, 0.29) is 6.92 Å². The Morgan fingerprint density at radius 3 is 2.24 bits per heavy atom. The molecule has 0 aliphatic rings. The molecule has 116 valence electrons. The number of alkyl halides is 3. The highest BCUT2D eigenvalue weighted by Crippen LogP contribution is 2.31. The monoisotopic (exact) mass is 309 g/mol. The molecule has 21 heavy (non-hydrogen) atoms. The second-order valence-electron chi connectivity index (χ2n) is 4.27. The summed E-state index contributed by atoms with van der Waals surface area (Å²) in [7, 11) is 1.10. The zero-order chi connectivity index (χ0) is 16.6. The van der Waals surface area contributed by atoms with Crippen molar-refractivity contribution in [2.75, 3.05) is 0 Å². The lowest BCUT2D eigenvalue weighted by Gasteiger charge is -2.28. The van der Waals surface area contributed by atoms with E-state index in [2.05, 4.69) is 0 Å². The summed E-state index contributed by atoms with van der Waals surface area (Å²) in [6, 6.07) is 1.84. The van der Waals surface area contributed by atoms with Crippen LogP contribution in [0.3, 0.4) is 0 Å². The van der Waals surface area contributed by atoms with Gasteiger partial charge >= 0.3 is 18.0 Å². The van der Waals surface area contributed by atoms with Crippen molar-refractivity contribution in [1.82, 2.24) is 9.88 Å². The molecule has 1 heterocycles. The third kappa shape index (κ3) is 2.80. The number of carboxylic acids is 1. The smallest absolute Gasteiger partial charge is 0.422 e. The standard InChI is InChI=1S/C10H10F3N3O5/c1-9(8(18)19,10(11,12)13)14-7(17)5-3-4-6(15(5)2)16(20)21/h3-4H,1-2H3,(H,14,17)(H,18,19). The van der Waals surface area contributed by atoms with Crippen LogP contribution in [0.1, 0.15) is 17.4 Å². The number of carbonyl (C=O) groups excluding carboxylic acids is 1. The minimum atomic E-state index is -5.24. The molecule has 1 rings (SSSR count). The van der Waals surface area contributed by atoms with Gasteiger partial charge in [-0.3, -0.25) is 4.79 Å². The number of halogens is 3. The fourth-order valence-electron chi connectivity index (χ4n) is 1.45.